The lowest BCUT2D eigenvalue weighted by Gasteiger charge is -2.15. The molecule has 2 rings (SSSR count). The zero-order valence-electron chi connectivity index (χ0n) is 9.26. The third-order valence-corrected chi connectivity index (χ3v) is 4.05. The zero-order chi connectivity index (χ0) is 11.5. The van der Waals surface area contributed by atoms with Crippen LogP contribution in [0.15, 0.2) is 18.2 Å². The van der Waals surface area contributed by atoms with E-state index in [-0.39, 0.29) is 0 Å². The zero-order valence-corrected chi connectivity index (χ0v) is 10.8. The van der Waals surface area contributed by atoms with Gasteiger partial charge in [0.05, 0.1) is 10.0 Å². The minimum absolute atomic E-state index is 0.632. The van der Waals surface area contributed by atoms with Gasteiger partial charge in [0, 0.05) is 0 Å². The normalized spacial score (nSPS) is 17.4. The van der Waals surface area contributed by atoms with E-state index in [1.165, 1.54) is 18.4 Å². The molecular weight excluding hydrogens is 241 g/mol. The monoisotopic (exact) mass is 257 g/mol. The Morgan fingerprint density at radius 1 is 1.25 bits per heavy atom. The van der Waals surface area contributed by atoms with Crippen LogP contribution in [-0.2, 0) is 6.42 Å². The van der Waals surface area contributed by atoms with E-state index in [1.54, 1.807) is 0 Å². The summed E-state index contributed by atoms with van der Waals surface area (Å²) in [5, 5.41) is 1.29. The highest BCUT2D eigenvalue weighted by Gasteiger charge is 2.30. The van der Waals surface area contributed by atoms with Gasteiger partial charge in [-0.25, -0.2) is 0 Å². The minimum Gasteiger partial charge on any atom is -0.330 e. The van der Waals surface area contributed by atoms with E-state index in [1.807, 2.05) is 12.1 Å². The molecule has 1 nitrogen and oxygen atoms in total. The van der Waals surface area contributed by atoms with E-state index >= 15 is 0 Å². The first-order valence-corrected chi connectivity index (χ1v) is 6.60. The lowest BCUT2D eigenvalue weighted by molar-refractivity contribution is 0.432. The van der Waals surface area contributed by atoms with Gasteiger partial charge in [-0.15, -0.1) is 0 Å². The average Bonchev–Trinajstić information content (AvgIpc) is 3.06. The van der Waals surface area contributed by atoms with Crippen LogP contribution < -0.4 is 5.73 Å². The van der Waals surface area contributed by atoms with E-state index in [0.717, 1.165) is 31.2 Å². The molecule has 0 spiro atoms. The number of hydrogen-bond donors (Lipinski definition) is 1. The molecule has 0 aromatic heterocycles. The lowest BCUT2D eigenvalue weighted by atomic mass is 9.92. The number of hydrogen-bond acceptors (Lipinski definition) is 1. The highest BCUT2D eigenvalue weighted by molar-refractivity contribution is 6.42. The first kappa shape index (κ1) is 12.2. The summed E-state index contributed by atoms with van der Waals surface area (Å²) in [6.07, 6.45) is 4.93. The molecule has 1 aromatic rings. The third kappa shape index (κ3) is 3.13. The first-order valence-electron chi connectivity index (χ1n) is 5.84. The van der Waals surface area contributed by atoms with Gasteiger partial charge in [-0.3, -0.25) is 0 Å². The molecular formula is C13H17Cl2N. The van der Waals surface area contributed by atoms with Crippen molar-refractivity contribution in [1.29, 1.82) is 0 Å². The second kappa shape index (κ2) is 5.39. The second-order valence-electron chi connectivity index (χ2n) is 4.63. The maximum Gasteiger partial charge on any atom is 0.0595 e. The molecule has 2 N–H and O–H groups in total. The largest absolute Gasteiger partial charge is 0.330 e. The van der Waals surface area contributed by atoms with Crippen molar-refractivity contribution in [3.63, 3.8) is 0 Å². The molecule has 0 bridgehead atoms. The number of nitrogens with two attached hydrogens (primary N) is 1. The van der Waals surface area contributed by atoms with E-state index in [2.05, 4.69) is 6.07 Å². The van der Waals surface area contributed by atoms with Gasteiger partial charge in [0.15, 0.2) is 0 Å². The summed E-state index contributed by atoms with van der Waals surface area (Å²) < 4.78 is 0. The van der Waals surface area contributed by atoms with Crippen molar-refractivity contribution >= 4 is 23.2 Å². The van der Waals surface area contributed by atoms with Gasteiger partial charge in [-0.2, -0.15) is 0 Å². The standard InChI is InChI=1S/C13H17Cl2N/c14-12-4-1-9(8-13(12)15)7-11(5-6-16)10-2-3-10/h1,4,8,10-11H,2-3,5-7,16H2. The number of halogens is 2. The van der Waals surface area contributed by atoms with Crippen LogP contribution in [0.3, 0.4) is 0 Å². The Morgan fingerprint density at radius 3 is 2.56 bits per heavy atom. The van der Waals surface area contributed by atoms with Crippen molar-refractivity contribution in [2.24, 2.45) is 17.6 Å². The third-order valence-electron chi connectivity index (χ3n) is 3.31. The van der Waals surface area contributed by atoms with Crippen LogP contribution in [0.1, 0.15) is 24.8 Å². The van der Waals surface area contributed by atoms with Gasteiger partial charge in [-0.1, -0.05) is 29.3 Å². The average molecular weight is 258 g/mol. The van der Waals surface area contributed by atoms with Crippen LogP contribution in [0.25, 0.3) is 0 Å². The summed E-state index contributed by atoms with van der Waals surface area (Å²) in [6, 6.07) is 5.93. The molecule has 0 amide bonds. The Bertz CT molecular complexity index is 361. The van der Waals surface area contributed by atoms with Crippen molar-refractivity contribution in [3.8, 4) is 0 Å². The maximum absolute atomic E-state index is 6.01. The van der Waals surface area contributed by atoms with Crippen molar-refractivity contribution in [2.45, 2.75) is 25.7 Å². The van der Waals surface area contributed by atoms with Crippen LogP contribution in [0.2, 0.25) is 10.0 Å². The van der Waals surface area contributed by atoms with Crippen molar-refractivity contribution in [2.75, 3.05) is 6.54 Å². The Labute approximate surface area is 107 Å². The highest BCUT2D eigenvalue weighted by atomic mass is 35.5. The topological polar surface area (TPSA) is 26.0 Å². The molecule has 1 unspecified atom stereocenters. The molecule has 1 aromatic carbocycles. The van der Waals surface area contributed by atoms with Crippen LogP contribution >= 0.6 is 23.2 Å². The quantitative estimate of drug-likeness (QED) is 0.851. The minimum atomic E-state index is 0.632. The molecule has 1 aliphatic carbocycles. The summed E-state index contributed by atoms with van der Waals surface area (Å²) >= 11 is 11.9. The summed E-state index contributed by atoms with van der Waals surface area (Å²) in [7, 11) is 0. The molecule has 1 atom stereocenters. The van der Waals surface area contributed by atoms with Crippen LogP contribution in [-0.4, -0.2) is 6.54 Å². The van der Waals surface area contributed by atoms with E-state index < -0.39 is 0 Å². The van der Waals surface area contributed by atoms with Gasteiger partial charge in [-0.05, 0) is 61.8 Å². The van der Waals surface area contributed by atoms with Crippen molar-refractivity contribution < 1.29 is 0 Å². The maximum atomic E-state index is 6.01. The molecule has 1 fully saturated rings. The van der Waals surface area contributed by atoms with Crippen molar-refractivity contribution in [1.82, 2.24) is 0 Å². The molecule has 88 valence electrons. The van der Waals surface area contributed by atoms with Crippen molar-refractivity contribution in [3.05, 3.63) is 33.8 Å². The Kier molecular flexibility index (Phi) is 4.12. The Hall–Kier alpha value is -0.240. The summed E-state index contributed by atoms with van der Waals surface area (Å²) in [5.41, 5.74) is 6.93. The van der Waals surface area contributed by atoms with Gasteiger partial charge in [0.25, 0.3) is 0 Å². The summed E-state index contributed by atoms with van der Waals surface area (Å²) in [5.74, 6) is 1.61. The molecule has 1 aliphatic rings. The molecule has 0 heterocycles. The Balaban J connectivity index is 2.03. The van der Waals surface area contributed by atoms with Gasteiger partial charge >= 0.3 is 0 Å². The van der Waals surface area contributed by atoms with E-state index in [0.29, 0.717) is 10.0 Å². The predicted molar refractivity (Wildman–Crippen MR) is 70.1 cm³/mol. The van der Waals surface area contributed by atoms with Crippen LogP contribution in [0.5, 0.6) is 0 Å². The molecule has 16 heavy (non-hydrogen) atoms. The summed E-state index contributed by atoms with van der Waals surface area (Å²) in [4.78, 5) is 0. The van der Waals surface area contributed by atoms with E-state index in [9.17, 15) is 0 Å². The smallest absolute Gasteiger partial charge is 0.0595 e. The number of rotatable bonds is 5. The van der Waals surface area contributed by atoms with E-state index in [4.69, 9.17) is 28.9 Å². The molecule has 3 heteroatoms. The Morgan fingerprint density at radius 2 is 2.00 bits per heavy atom. The highest BCUT2D eigenvalue weighted by Crippen LogP contribution is 2.40. The van der Waals surface area contributed by atoms with Crippen LogP contribution in [0, 0.1) is 11.8 Å². The lowest BCUT2D eigenvalue weighted by Crippen LogP contribution is -2.13. The first-order chi connectivity index (χ1) is 7.70. The van der Waals surface area contributed by atoms with Gasteiger partial charge in [0.1, 0.15) is 0 Å². The number of benzene rings is 1. The van der Waals surface area contributed by atoms with Crippen LogP contribution in [0.4, 0.5) is 0 Å². The van der Waals surface area contributed by atoms with Gasteiger partial charge < -0.3 is 5.73 Å². The predicted octanol–water partition coefficient (Wildman–Crippen LogP) is 3.91. The molecule has 0 saturated heterocycles. The fourth-order valence-electron chi connectivity index (χ4n) is 2.26. The summed E-state index contributed by atoms with van der Waals surface area (Å²) in [6.45, 7) is 0.780. The molecule has 1 saturated carbocycles. The van der Waals surface area contributed by atoms with Gasteiger partial charge in [0.2, 0.25) is 0 Å². The fourth-order valence-corrected chi connectivity index (χ4v) is 2.58. The molecule has 0 aliphatic heterocycles. The molecule has 0 radical (unpaired) electrons. The fraction of sp³-hybridized carbons (Fsp3) is 0.538. The second-order valence-corrected chi connectivity index (χ2v) is 5.44. The SMILES string of the molecule is NCCC(Cc1ccc(Cl)c(Cl)c1)C1CC1.